The number of hydrogen-bond donors (Lipinski definition) is 1. The number of nitrogens with zero attached hydrogens (tertiary/aromatic N) is 1. The van der Waals surface area contributed by atoms with Crippen LogP contribution in [0.1, 0.15) is 23.6 Å². The predicted molar refractivity (Wildman–Crippen MR) is 133 cm³/mol. The summed E-state index contributed by atoms with van der Waals surface area (Å²) in [6.45, 7) is 1.65. The molecular weight excluding hydrogens is 470 g/mol. The molecule has 1 fully saturated rings. The van der Waals surface area contributed by atoms with Gasteiger partial charge >= 0.3 is 5.97 Å². The number of methoxy groups -OCH3 is 1. The second-order valence-electron chi connectivity index (χ2n) is 8.28. The first kappa shape index (κ1) is 24.3. The maximum Gasteiger partial charge on any atom is 0.308 e. The highest BCUT2D eigenvalue weighted by molar-refractivity contribution is 8.00. The van der Waals surface area contributed by atoms with Crippen molar-refractivity contribution in [3.8, 4) is 5.75 Å². The van der Waals surface area contributed by atoms with E-state index >= 15 is 0 Å². The van der Waals surface area contributed by atoms with Crippen molar-refractivity contribution >= 4 is 27.8 Å². The molecule has 0 amide bonds. The summed E-state index contributed by atoms with van der Waals surface area (Å²) < 4.78 is 34.3. The van der Waals surface area contributed by atoms with E-state index in [2.05, 4.69) is 0 Å². The van der Waals surface area contributed by atoms with E-state index in [1.165, 1.54) is 16.1 Å². The lowest BCUT2D eigenvalue weighted by molar-refractivity contribution is -0.143. The van der Waals surface area contributed by atoms with E-state index in [0.717, 1.165) is 10.5 Å². The summed E-state index contributed by atoms with van der Waals surface area (Å²) in [7, 11) is -2.36. The molecule has 3 aromatic carbocycles. The molecule has 1 aliphatic heterocycles. The van der Waals surface area contributed by atoms with Gasteiger partial charge in [-0.15, -0.1) is 11.8 Å². The van der Waals surface area contributed by atoms with E-state index < -0.39 is 28.0 Å². The number of aliphatic carboxylic acids is 1. The molecule has 3 atom stereocenters. The fourth-order valence-electron chi connectivity index (χ4n) is 4.35. The molecule has 3 aromatic rings. The molecule has 6 nitrogen and oxygen atoms in total. The summed E-state index contributed by atoms with van der Waals surface area (Å²) in [5, 5.41) is 9.77. The highest BCUT2D eigenvalue weighted by Gasteiger charge is 2.45. The SMILES string of the molecule is COc1ccc([C@@H]2C[C@@H](Sc3ccccc3)[C@H](C(=O)O)CN2S(=O)(=O)c2ccccc2C)cc1. The van der Waals surface area contributed by atoms with E-state index in [4.69, 9.17) is 4.74 Å². The smallest absolute Gasteiger partial charge is 0.308 e. The molecule has 4 rings (SSSR count). The van der Waals surface area contributed by atoms with Crippen molar-refractivity contribution in [2.24, 2.45) is 5.92 Å². The number of hydrogen-bond acceptors (Lipinski definition) is 5. The summed E-state index contributed by atoms with van der Waals surface area (Å²) in [5.74, 6) is -1.17. The molecule has 178 valence electrons. The molecule has 1 heterocycles. The van der Waals surface area contributed by atoms with Crippen LogP contribution in [-0.4, -0.2) is 42.7 Å². The van der Waals surface area contributed by atoms with Crippen molar-refractivity contribution in [1.29, 1.82) is 0 Å². The maximum absolute atomic E-state index is 13.8. The molecule has 8 heteroatoms. The number of piperidine rings is 1. The Morgan fingerprint density at radius 1 is 1.00 bits per heavy atom. The van der Waals surface area contributed by atoms with Gasteiger partial charge in [0.05, 0.1) is 24.0 Å². The topological polar surface area (TPSA) is 83.9 Å². The molecule has 34 heavy (non-hydrogen) atoms. The van der Waals surface area contributed by atoms with Gasteiger partial charge in [0.25, 0.3) is 0 Å². The van der Waals surface area contributed by atoms with E-state index in [0.29, 0.717) is 17.7 Å². The molecular formula is C26H27NO5S2. The first-order chi connectivity index (χ1) is 16.3. The van der Waals surface area contributed by atoms with Crippen LogP contribution in [-0.2, 0) is 14.8 Å². The fourth-order valence-corrected chi connectivity index (χ4v) is 7.53. The molecule has 0 aromatic heterocycles. The maximum atomic E-state index is 13.8. The molecule has 0 bridgehead atoms. The predicted octanol–water partition coefficient (Wildman–Crippen LogP) is 5.00. The Labute approximate surface area is 204 Å². The van der Waals surface area contributed by atoms with Gasteiger partial charge in [-0.25, -0.2) is 8.42 Å². The van der Waals surface area contributed by atoms with Crippen LogP contribution in [0.2, 0.25) is 0 Å². The summed E-state index contributed by atoms with van der Waals surface area (Å²) in [6.07, 6.45) is 0.369. The average Bonchev–Trinajstić information content (AvgIpc) is 2.84. The number of sulfonamides is 1. The first-order valence-corrected chi connectivity index (χ1v) is 13.3. The summed E-state index contributed by atoms with van der Waals surface area (Å²) in [5.41, 5.74) is 1.43. The zero-order valence-electron chi connectivity index (χ0n) is 19.0. The van der Waals surface area contributed by atoms with Crippen LogP contribution < -0.4 is 4.74 Å². The highest BCUT2D eigenvalue weighted by atomic mass is 32.2. The molecule has 1 N–H and O–H groups in total. The van der Waals surface area contributed by atoms with Gasteiger partial charge in [-0.3, -0.25) is 4.79 Å². The second kappa shape index (κ2) is 10.2. The Bertz CT molecular complexity index is 1250. The number of ether oxygens (including phenoxy) is 1. The third kappa shape index (κ3) is 4.99. The van der Waals surface area contributed by atoms with Crippen LogP contribution in [0.15, 0.2) is 88.7 Å². The number of carboxylic acids is 1. The lowest BCUT2D eigenvalue weighted by atomic mass is 9.90. The third-order valence-electron chi connectivity index (χ3n) is 6.16. The van der Waals surface area contributed by atoms with Gasteiger partial charge in [-0.2, -0.15) is 4.31 Å². The Morgan fingerprint density at radius 3 is 2.26 bits per heavy atom. The van der Waals surface area contributed by atoms with Gasteiger partial charge in [-0.1, -0.05) is 48.5 Å². The average molecular weight is 498 g/mol. The number of carboxylic acid groups (broad SMARTS) is 1. The zero-order valence-corrected chi connectivity index (χ0v) is 20.6. The van der Waals surface area contributed by atoms with Crippen molar-refractivity contribution in [3.05, 3.63) is 90.0 Å². The third-order valence-corrected chi connectivity index (χ3v) is 9.56. The van der Waals surface area contributed by atoms with Gasteiger partial charge in [0.1, 0.15) is 5.75 Å². The molecule has 0 saturated carbocycles. The lowest BCUT2D eigenvalue weighted by Crippen LogP contribution is -2.49. The van der Waals surface area contributed by atoms with Gasteiger partial charge in [0, 0.05) is 16.7 Å². The molecule has 1 saturated heterocycles. The minimum Gasteiger partial charge on any atom is -0.497 e. The number of aryl methyl sites for hydroxylation is 1. The van der Waals surface area contributed by atoms with Crippen LogP contribution >= 0.6 is 11.8 Å². The van der Waals surface area contributed by atoms with Crippen molar-refractivity contribution in [2.75, 3.05) is 13.7 Å². The van der Waals surface area contributed by atoms with E-state index in [-0.39, 0.29) is 16.7 Å². The Hall–Kier alpha value is -2.81. The van der Waals surface area contributed by atoms with Crippen LogP contribution in [0.4, 0.5) is 0 Å². The Balaban J connectivity index is 1.78. The van der Waals surface area contributed by atoms with Gasteiger partial charge in [-0.05, 0) is 54.8 Å². The van der Waals surface area contributed by atoms with Gasteiger partial charge < -0.3 is 9.84 Å². The summed E-state index contributed by atoms with van der Waals surface area (Å²) in [4.78, 5) is 13.5. The van der Waals surface area contributed by atoms with Crippen molar-refractivity contribution < 1.29 is 23.1 Å². The minimum absolute atomic E-state index is 0.104. The number of rotatable bonds is 7. The van der Waals surface area contributed by atoms with Crippen LogP contribution in [0.3, 0.4) is 0 Å². The largest absolute Gasteiger partial charge is 0.497 e. The molecule has 0 aliphatic carbocycles. The molecule has 0 radical (unpaired) electrons. The zero-order chi connectivity index (χ0) is 24.3. The summed E-state index contributed by atoms with van der Waals surface area (Å²) >= 11 is 1.49. The summed E-state index contributed by atoms with van der Waals surface area (Å²) in [6, 6.07) is 23.3. The number of benzene rings is 3. The van der Waals surface area contributed by atoms with Crippen molar-refractivity contribution in [1.82, 2.24) is 4.31 Å². The number of thioether (sulfide) groups is 1. The molecule has 0 unspecified atom stereocenters. The van der Waals surface area contributed by atoms with Crippen LogP contribution in [0.5, 0.6) is 5.75 Å². The Kier molecular flexibility index (Phi) is 7.30. The first-order valence-electron chi connectivity index (χ1n) is 11.0. The number of carbonyl (C=O) groups is 1. The van der Waals surface area contributed by atoms with E-state index in [1.54, 1.807) is 50.4 Å². The van der Waals surface area contributed by atoms with E-state index in [9.17, 15) is 18.3 Å². The standard InChI is InChI=1S/C26H27NO5S2/c1-18-8-6-7-11-25(18)34(30,31)27-17-22(26(28)29)24(33-21-9-4-3-5-10-21)16-23(27)19-12-14-20(32-2)15-13-19/h3-15,22-24H,16-17H2,1-2H3,(H,28,29)/t22-,23+,24-/m1/s1. The monoisotopic (exact) mass is 497 g/mol. The van der Waals surface area contributed by atoms with Crippen LogP contribution in [0.25, 0.3) is 0 Å². The van der Waals surface area contributed by atoms with Gasteiger partial charge in [0.15, 0.2) is 0 Å². The van der Waals surface area contributed by atoms with Crippen molar-refractivity contribution in [3.63, 3.8) is 0 Å². The van der Waals surface area contributed by atoms with Crippen LogP contribution in [0, 0.1) is 12.8 Å². The second-order valence-corrected chi connectivity index (χ2v) is 11.5. The van der Waals surface area contributed by atoms with Gasteiger partial charge in [0.2, 0.25) is 10.0 Å². The minimum atomic E-state index is -3.94. The quantitative estimate of drug-likeness (QED) is 0.495. The highest BCUT2D eigenvalue weighted by Crippen LogP contribution is 2.44. The normalized spacial score (nSPS) is 21.2. The Morgan fingerprint density at radius 2 is 1.65 bits per heavy atom. The molecule has 0 spiro atoms. The molecule has 1 aliphatic rings. The van der Waals surface area contributed by atoms with Crippen molar-refractivity contribution in [2.45, 2.75) is 34.4 Å². The lowest BCUT2D eigenvalue weighted by Gasteiger charge is -2.42. The van der Waals surface area contributed by atoms with E-state index in [1.807, 2.05) is 42.5 Å². The fraction of sp³-hybridized carbons (Fsp3) is 0.269.